The van der Waals surface area contributed by atoms with Gasteiger partial charge in [-0.15, -0.1) is 11.3 Å². The highest BCUT2D eigenvalue weighted by molar-refractivity contribution is 7.09. The molecule has 22 heavy (non-hydrogen) atoms. The highest BCUT2D eigenvalue weighted by Crippen LogP contribution is 2.23. The molecule has 2 rings (SSSR count). The third-order valence-corrected chi connectivity index (χ3v) is 5.26. The SMILES string of the molecule is Cc1ncsc1CCC(=O)N1C[C@H](CO)C[C@H](CN(C)C)C1. The molecule has 1 aromatic rings. The van der Waals surface area contributed by atoms with Gasteiger partial charge >= 0.3 is 0 Å². The summed E-state index contributed by atoms with van der Waals surface area (Å²) in [5.74, 6) is 0.873. The number of hydrogen-bond acceptors (Lipinski definition) is 5. The van der Waals surface area contributed by atoms with Crippen molar-refractivity contribution < 1.29 is 9.90 Å². The van der Waals surface area contributed by atoms with Gasteiger partial charge in [-0.3, -0.25) is 4.79 Å². The molecule has 2 heterocycles. The summed E-state index contributed by atoms with van der Waals surface area (Å²) in [6, 6.07) is 0. The Morgan fingerprint density at radius 2 is 2.18 bits per heavy atom. The quantitative estimate of drug-likeness (QED) is 0.859. The highest BCUT2D eigenvalue weighted by Gasteiger charge is 2.29. The number of aliphatic hydroxyl groups excluding tert-OH is 1. The van der Waals surface area contributed by atoms with E-state index in [0.29, 0.717) is 18.9 Å². The van der Waals surface area contributed by atoms with Gasteiger partial charge in [-0.25, -0.2) is 4.98 Å². The van der Waals surface area contributed by atoms with Crippen molar-refractivity contribution in [2.75, 3.05) is 40.3 Å². The monoisotopic (exact) mass is 325 g/mol. The maximum Gasteiger partial charge on any atom is 0.222 e. The lowest BCUT2D eigenvalue weighted by atomic mass is 9.89. The van der Waals surface area contributed by atoms with E-state index in [1.165, 1.54) is 4.88 Å². The molecule has 2 atom stereocenters. The number of carbonyl (C=O) groups is 1. The maximum absolute atomic E-state index is 12.5. The van der Waals surface area contributed by atoms with Gasteiger partial charge in [0.05, 0.1) is 11.2 Å². The van der Waals surface area contributed by atoms with E-state index in [-0.39, 0.29) is 18.4 Å². The van der Waals surface area contributed by atoms with Crippen LogP contribution in [0.15, 0.2) is 5.51 Å². The van der Waals surface area contributed by atoms with E-state index in [2.05, 4.69) is 24.0 Å². The molecule has 124 valence electrons. The molecule has 0 spiro atoms. The number of nitrogens with zero attached hydrogens (tertiary/aromatic N) is 3. The molecule has 1 aliphatic heterocycles. The van der Waals surface area contributed by atoms with E-state index in [9.17, 15) is 9.90 Å². The summed E-state index contributed by atoms with van der Waals surface area (Å²) < 4.78 is 0. The van der Waals surface area contributed by atoms with Crippen molar-refractivity contribution in [1.82, 2.24) is 14.8 Å². The fraction of sp³-hybridized carbons (Fsp3) is 0.750. The van der Waals surface area contributed by atoms with Gasteiger partial charge in [-0.05, 0) is 45.7 Å². The van der Waals surface area contributed by atoms with Gasteiger partial charge in [0.25, 0.3) is 0 Å². The minimum atomic E-state index is 0.168. The van der Waals surface area contributed by atoms with Gasteiger partial charge < -0.3 is 14.9 Å². The molecule has 1 aliphatic rings. The predicted molar refractivity (Wildman–Crippen MR) is 89.0 cm³/mol. The van der Waals surface area contributed by atoms with E-state index in [1.807, 2.05) is 17.3 Å². The van der Waals surface area contributed by atoms with Gasteiger partial charge in [0, 0.05) is 37.5 Å². The molecule has 5 nitrogen and oxygen atoms in total. The summed E-state index contributed by atoms with van der Waals surface area (Å²) in [6.07, 6.45) is 2.32. The Morgan fingerprint density at radius 3 is 2.77 bits per heavy atom. The van der Waals surface area contributed by atoms with Gasteiger partial charge in [0.15, 0.2) is 0 Å². The number of aryl methyl sites for hydroxylation is 2. The van der Waals surface area contributed by atoms with Crippen molar-refractivity contribution in [1.29, 1.82) is 0 Å². The van der Waals surface area contributed by atoms with Crippen LogP contribution in [0.25, 0.3) is 0 Å². The zero-order chi connectivity index (χ0) is 16.1. The normalized spacial score (nSPS) is 22.3. The first-order valence-electron chi connectivity index (χ1n) is 7.92. The minimum absolute atomic E-state index is 0.168. The molecule has 1 fully saturated rings. The van der Waals surface area contributed by atoms with Crippen LogP contribution >= 0.6 is 11.3 Å². The summed E-state index contributed by atoms with van der Waals surface area (Å²) in [6.45, 7) is 4.64. The molecule has 1 amide bonds. The molecular formula is C16H27N3O2S. The predicted octanol–water partition coefficient (Wildman–Crippen LogP) is 1.40. The van der Waals surface area contributed by atoms with Crippen molar-refractivity contribution >= 4 is 17.2 Å². The van der Waals surface area contributed by atoms with Crippen LogP contribution in [0.3, 0.4) is 0 Å². The summed E-state index contributed by atoms with van der Waals surface area (Å²) in [5, 5.41) is 9.50. The van der Waals surface area contributed by atoms with Crippen LogP contribution in [0.4, 0.5) is 0 Å². The van der Waals surface area contributed by atoms with Crippen LogP contribution in [0.1, 0.15) is 23.4 Å². The van der Waals surface area contributed by atoms with Crippen LogP contribution in [-0.2, 0) is 11.2 Å². The van der Waals surface area contributed by atoms with E-state index in [4.69, 9.17) is 0 Å². The third-order valence-electron chi connectivity index (χ3n) is 4.27. The lowest BCUT2D eigenvalue weighted by Gasteiger charge is -2.38. The zero-order valence-electron chi connectivity index (χ0n) is 13.8. The molecule has 0 aromatic carbocycles. The molecule has 1 aromatic heterocycles. The number of aromatic nitrogens is 1. The summed E-state index contributed by atoms with van der Waals surface area (Å²) >= 11 is 1.62. The van der Waals surface area contributed by atoms with E-state index < -0.39 is 0 Å². The second kappa shape index (κ2) is 8.04. The molecular weight excluding hydrogens is 298 g/mol. The second-order valence-corrected chi connectivity index (χ2v) is 7.51. The zero-order valence-corrected chi connectivity index (χ0v) is 14.6. The average molecular weight is 325 g/mol. The molecule has 0 unspecified atom stereocenters. The molecule has 1 saturated heterocycles. The van der Waals surface area contributed by atoms with Crippen molar-refractivity contribution in [2.45, 2.75) is 26.2 Å². The topological polar surface area (TPSA) is 56.7 Å². The first-order valence-corrected chi connectivity index (χ1v) is 8.79. The van der Waals surface area contributed by atoms with Crippen molar-refractivity contribution in [3.8, 4) is 0 Å². The summed E-state index contributed by atoms with van der Waals surface area (Å²) in [5.41, 5.74) is 2.88. The third kappa shape index (κ3) is 4.76. The van der Waals surface area contributed by atoms with Gasteiger partial charge in [0.2, 0.25) is 5.91 Å². The largest absolute Gasteiger partial charge is 0.396 e. The smallest absolute Gasteiger partial charge is 0.222 e. The highest BCUT2D eigenvalue weighted by atomic mass is 32.1. The van der Waals surface area contributed by atoms with E-state index in [1.54, 1.807) is 11.3 Å². The summed E-state index contributed by atoms with van der Waals surface area (Å²) in [7, 11) is 4.11. The number of amides is 1. The fourth-order valence-electron chi connectivity index (χ4n) is 3.25. The van der Waals surface area contributed by atoms with Crippen LogP contribution in [-0.4, -0.2) is 66.1 Å². The number of hydrogen-bond donors (Lipinski definition) is 1. The minimum Gasteiger partial charge on any atom is -0.396 e. The van der Waals surface area contributed by atoms with Gasteiger partial charge in [-0.1, -0.05) is 0 Å². The standard InChI is InChI=1S/C16H27N3O2S/c1-12-15(22-11-17-12)4-5-16(21)19-8-13(7-18(2)3)6-14(9-19)10-20/h11,13-14,20H,4-10H2,1-3H3/t13-,14-/m1/s1. The van der Waals surface area contributed by atoms with Crippen LogP contribution in [0, 0.1) is 18.8 Å². The maximum atomic E-state index is 12.5. The number of carbonyl (C=O) groups excluding carboxylic acids is 1. The molecule has 0 bridgehead atoms. The number of thiazole rings is 1. The van der Waals surface area contributed by atoms with Crippen LogP contribution in [0.5, 0.6) is 0 Å². The Hall–Kier alpha value is -0.980. The first-order chi connectivity index (χ1) is 10.5. The molecule has 0 radical (unpaired) electrons. The lowest BCUT2D eigenvalue weighted by Crippen LogP contribution is -2.47. The Labute approximate surface area is 137 Å². The van der Waals surface area contributed by atoms with Crippen LogP contribution in [0.2, 0.25) is 0 Å². The fourth-order valence-corrected chi connectivity index (χ4v) is 4.03. The van der Waals surface area contributed by atoms with Crippen molar-refractivity contribution in [3.63, 3.8) is 0 Å². The number of likely N-dealkylation sites (tertiary alicyclic amines) is 1. The lowest BCUT2D eigenvalue weighted by molar-refractivity contribution is -0.134. The Kier molecular flexibility index (Phi) is 6.35. The second-order valence-electron chi connectivity index (χ2n) is 6.57. The van der Waals surface area contributed by atoms with Crippen molar-refractivity contribution in [3.05, 3.63) is 16.1 Å². The molecule has 0 aliphatic carbocycles. The number of aliphatic hydroxyl groups is 1. The summed E-state index contributed by atoms with van der Waals surface area (Å²) in [4.78, 5) is 22.1. The number of rotatable bonds is 6. The average Bonchev–Trinajstić information content (AvgIpc) is 2.89. The van der Waals surface area contributed by atoms with E-state index >= 15 is 0 Å². The van der Waals surface area contributed by atoms with Crippen LogP contribution < -0.4 is 0 Å². The number of piperidine rings is 1. The van der Waals surface area contributed by atoms with Gasteiger partial charge in [-0.2, -0.15) is 0 Å². The molecule has 0 saturated carbocycles. The Balaban J connectivity index is 1.90. The van der Waals surface area contributed by atoms with Crippen molar-refractivity contribution in [2.24, 2.45) is 11.8 Å². The Bertz CT molecular complexity index is 489. The molecule has 6 heteroatoms. The first kappa shape index (κ1) is 17.4. The molecule has 1 N–H and O–H groups in total. The van der Waals surface area contributed by atoms with Gasteiger partial charge in [0.1, 0.15) is 0 Å². The van der Waals surface area contributed by atoms with E-state index in [0.717, 1.165) is 31.6 Å². The Morgan fingerprint density at radius 1 is 1.45 bits per heavy atom.